The Balaban J connectivity index is 1.66. The molecule has 170 valence electrons. The minimum absolute atomic E-state index is 0.0222. The van der Waals surface area contributed by atoms with E-state index in [9.17, 15) is 9.59 Å². The highest BCUT2D eigenvalue weighted by molar-refractivity contribution is 6.34. The van der Waals surface area contributed by atoms with Crippen molar-refractivity contribution in [3.05, 3.63) is 94.5 Å². The largest absolute Gasteiger partial charge is 0.480 e. The molecule has 0 aliphatic carbocycles. The summed E-state index contributed by atoms with van der Waals surface area (Å²) in [6.07, 6.45) is 0.808. The van der Waals surface area contributed by atoms with E-state index in [4.69, 9.17) is 16.3 Å². The first kappa shape index (κ1) is 22.9. The highest BCUT2D eigenvalue weighted by Crippen LogP contribution is 2.35. The van der Waals surface area contributed by atoms with Gasteiger partial charge in [-0.05, 0) is 48.7 Å². The van der Waals surface area contributed by atoms with Gasteiger partial charge in [-0.2, -0.15) is 0 Å². The van der Waals surface area contributed by atoms with Gasteiger partial charge in [0.05, 0.1) is 23.2 Å². The number of anilines is 1. The lowest BCUT2D eigenvalue weighted by atomic mass is 10.0. The van der Waals surface area contributed by atoms with Gasteiger partial charge >= 0.3 is 0 Å². The van der Waals surface area contributed by atoms with Crippen LogP contribution in [-0.2, 0) is 11.3 Å². The van der Waals surface area contributed by atoms with Crippen molar-refractivity contribution in [3.63, 3.8) is 0 Å². The first-order valence-corrected chi connectivity index (χ1v) is 11.6. The van der Waals surface area contributed by atoms with Crippen LogP contribution in [0.3, 0.4) is 0 Å². The molecule has 33 heavy (non-hydrogen) atoms. The van der Waals surface area contributed by atoms with Crippen LogP contribution >= 0.6 is 11.6 Å². The molecule has 0 bridgehead atoms. The lowest BCUT2D eigenvalue weighted by Crippen LogP contribution is -2.41. The predicted octanol–water partition coefficient (Wildman–Crippen LogP) is 6.24. The number of rotatable bonds is 6. The van der Waals surface area contributed by atoms with Crippen molar-refractivity contribution in [1.29, 1.82) is 0 Å². The van der Waals surface area contributed by atoms with E-state index < -0.39 is 6.10 Å². The van der Waals surface area contributed by atoms with Gasteiger partial charge in [0.25, 0.3) is 11.8 Å². The molecule has 3 aromatic carbocycles. The molecule has 1 aliphatic rings. The summed E-state index contributed by atoms with van der Waals surface area (Å²) in [5.74, 6) is 0.354. The Labute approximate surface area is 199 Å². The normalized spacial score (nSPS) is 16.4. The van der Waals surface area contributed by atoms with Crippen molar-refractivity contribution in [1.82, 2.24) is 4.90 Å². The average molecular weight is 463 g/mol. The fourth-order valence-corrected chi connectivity index (χ4v) is 4.44. The molecule has 1 N–H and O–H groups in total. The Morgan fingerprint density at radius 2 is 1.82 bits per heavy atom. The van der Waals surface area contributed by atoms with E-state index in [1.54, 1.807) is 30.3 Å². The van der Waals surface area contributed by atoms with Crippen molar-refractivity contribution in [2.75, 3.05) is 5.32 Å². The number of nitrogens with zero attached hydrogens (tertiary/aromatic N) is 1. The Morgan fingerprint density at radius 3 is 2.52 bits per heavy atom. The van der Waals surface area contributed by atoms with Gasteiger partial charge in [-0.1, -0.05) is 67.9 Å². The number of hydrogen-bond donors (Lipinski definition) is 1. The summed E-state index contributed by atoms with van der Waals surface area (Å²) in [5, 5.41) is 3.31. The Kier molecular flexibility index (Phi) is 6.99. The van der Waals surface area contributed by atoms with Gasteiger partial charge in [0.2, 0.25) is 0 Å². The van der Waals surface area contributed by atoms with Crippen LogP contribution in [0.15, 0.2) is 72.8 Å². The van der Waals surface area contributed by atoms with Crippen LogP contribution in [0.2, 0.25) is 5.02 Å². The number of carbonyl (C=O) groups excluding carboxylic acids is 2. The number of amides is 2. The van der Waals surface area contributed by atoms with Crippen molar-refractivity contribution in [2.24, 2.45) is 0 Å². The molecule has 0 spiro atoms. The van der Waals surface area contributed by atoms with Crippen LogP contribution in [0.5, 0.6) is 5.75 Å². The highest BCUT2D eigenvalue weighted by atomic mass is 35.5. The second-order valence-electron chi connectivity index (χ2n) is 8.07. The zero-order valence-corrected chi connectivity index (χ0v) is 19.5. The lowest BCUT2D eigenvalue weighted by Gasteiger charge is -2.32. The monoisotopic (exact) mass is 462 g/mol. The van der Waals surface area contributed by atoms with Gasteiger partial charge < -0.3 is 15.0 Å². The molecule has 1 aliphatic heterocycles. The third-order valence-corrected chi connectivity index (χ3v) is 6.25. The molecule has 6 heteroatoms. The highest BCUT2D eigenvalue weighted by Gasteiger charge is 2.34. The molecule has 0 aromatic heterocycles. The number of benzene rings is 3. The Bertz CT molecular complexity index is 1150. The van der Waals surface area contributed by atoms with Gasteiger partial charge in [-0.25, -0.2) is 0 Å². The molecule has 0 saturated carbocycles. The summed E-state index contributed by atoms with van der Waals surface area (Å²) < 4.78 is 6.12. The molecular weight excluding hydrogens is 436 g/mol. The Hall–Kier alpha value is -3.31. The predicted molar refractivity (Wildman–Crippen MR) is 131 cm³/mol. The van der Waals surface area contributed by atoms with E-state index in [-0.39, 0.29) is 17.9 Å². The van der Waals surface area contributed by atoms with Crippen LogP contribution < -0.4 is 10.1 Å². The van der Waals surface area contributed by atoms with E-state index in [2.05, 4.69) is 24.4 Å². The van der Waals surface area contributed by atoms with Crippen molar-refractivity contribution < 1.29 is 14.3 Å². The fraction of sp³-hybridized carbons (Fsp3) is 0.259. The molecular formula is C27H27ClN2O3. The first-order chi connectivity index (χ1) is 16.0. The van der Waals surface area contributed by atoms with Crippen molar-refractivity contribution >= 4 is 29.1 Å². The molecule has 0 unspecified atom stereocenters. The van der Waals surface area contributed by atoms with Crippen LogP contribution in [0.4, 0.5) is 5.69 Å². The smallest absolute Gasteiger partial charge is 0.264 e. The topological polar surface area (TPSA) is 58.6 Å². The SMILES string of the molecule is CC[C@H](c1ccccc1)N1Cc2cc(NC(=O)c3ccccc3Cl)ccc2O[C@H](CC)C1=O. The third-order valence-electron chi connectivity index (χ3n) is 5.92. The number of hydrogen-bond acceptors (Lipinski definition) is 3. The van der Waals surface area contributed by atoms with Crippen molar-refractivity contribution in [3.8, 4) is 5.75 Å². The summed E-state index contributed by atoms with van der Waals surface area (Å²) >= 11 is 6.17. The molecule has 2 amide bonds. The molecule has 5 nitrogen and oxygen atoms in total. The minimum Gasteiger partial charge on any atom is -0.480 e. The summed E-state index contributed by atoms with van der Waals surface area (Å²) in [6, 6.07) is 22.4. The fourth-order valence-electron chi connectivity index (χ4n) is 4.22. The van der Waals surface area contributed by atoms with Gasteiger partial charge in [-0.15, -0.1) is 0 Å². The molecule has 0 radical (unpaired) electrons. The first-order valence-electron chi connectivity index (χ1n) is 11.2. The average Bonchev–Trinajstić information content (AvgIpc) is 2.97. The summed E-state index contributed by atoms with van der Waals surface area (Å²) in [5.41, 5.74) is 2.97. The molecule has 3 aromatic rings. The van der Waals surface area contributed by atoms with Gasteiger partial charge in [-0.3, -0.25) is 9.59 Å². The van der Waals surface area contributed by atoms with Crippen LogP contribution in [0.25, 0.3) is 0 Å². The van der Waals surface area contributed by atoms with E-state index in [0.29, 0.717) is 35.0 Å². The number of halogens is 1. The maximum Gasteiger partial charge on any atom is 0.264 e. The summed E-state index contributed by atoms with van der Waals surface area (Å²) in [4.78, 5) is 28.1. The maximum atomic E-state index is 13.4. The minimum atomic E-state index is -0.549. The second-order valence-corrected chi connectivity index (χ2v) is 8.48. The van der Waals surface area contributed by atoms with Crippen LogP contribution in [0.1, 0.15) is 54.2 Å². The van der Waals surface area contributed by atoms with Crippen LogP contribution in [0, 0.1) is 0 Å². The quantitative estimate of drug-likeness (QED) is 0.471. The Morgan fingerprint density at radius 1 is 1.09 bits per heavy atom. The summed E-state index contributed by atoms with van der Waals surface area (Å²) in [6.45, 7) is 4.43. The number of fused-ring (bicyclic) bond motifs is 1. The second kappa shape index (κ2) is 10.1. The third kappa shape index (κ3) is 4.88. The van der Waals surface area contributed by atoms with E-state index in [0.717, 1.165) is 17.5 Å². The molecule has 4 rings (SSSR count). The summed E-state index contributed by atoms with van der Waals surface area (Å²) in [7, 11) is 0. The molecule has 0 fully saturated rings. The van der Waals surface area contributed by atoms with E-state index in [1.165, 1.54) is 0 Å². The lowest BCUT2D eigenvalue weighted by molar-refractivity contribution is -0.141. The standard InChI is InChI=1S/C27H27ClN2O3/c1-3-23(18-10-6-5-7-11-18)30-17-19-16-20(14-15-25(19)33-24(4-2)27(30)32)29-26(31)21-12-8-9-13-22(21)28/h5-16,23-24H,3-4,17H2,1-2H3,(H,29,31)/t23-,24-/m1/s1. The van der Waals surface area contributed by atoms with Crippen LogP contribution in [-0.4, -0.2) is 22.8 Å². The van der Waals surface area contributed by atoms with Gasteiger partial charge in [0.15, 0.2) is 6.10 Å². The number of carbonyl (C=O) groups is 2. The molecule has 0 saturated heterocycles. The maximum absolute atomic E-state index is 13.4. The zero-order chi connectivity index (χ0) is 23.4. The molecule has 1 heterocycles. The van der Waals surface area contributed by atoms with Gasteiger partial charge in [0, 0.05) is 11.3 Å². The zero-order valence-electron chi connectivity index (χ0n) is 18.8. The van der Waals surface area contributed by atoms with E-state index in [1.807, 2.05) is 42.2 Å². The van der Waals surface area contributed by atoms with E-state index >= 15 is 0 Å². The molecule has 2 atom stereocenters. The number of nitrogens with one attached hydrogen (secondary N) is 1. The number of ether oxygens (including phenoxy) is 1. The van der Waals surface area contributed by atoms with Gasteiger partial charge in [0.1, 0.15) is 5.75 Å². The van der Waals surface area contributed by atoms with Crippen molar-refractivity contribution in [2.45, 2.75) is 45.4 Å².